The average Bonchev–Trinajstić information content (AvgIpc) is 2.27. The minimum absolute atomic E-state index is 0.152. The van der Waals surface area contributed by atoms with E-state index in [1.807, 2.05) is 17.9 Å². The Morgan fingerprint density at radius 3 is 2.78 bits per heavy atom. The van der Waals surface area contributed by atoms with E-state index in [-0.39, 0.29) is 11.7 Å². The summed E-state index contributed by atoms with van der Waals surface area (Å²) in [5.41, 5.74) is 6.34. The molecule has 6 heteroatoms. The molecular weight excluding hydrogens is 301 g/mol. The first kappa shape index (κ1) is 14.9. The van der Waals surface area contributed by atoms with Crippen LogP contribution in [0.4, 0.5) is 4.39 Å². The Morgan fingerprint density at radius 2 is 2.22 bits per heavy atom. The van der Waals surface area contributed by atoms with Crippen molar-refractivity contribution < 1.29 is 9.60 Å². The van der Waals surface area contributed by atoms with Gasteiger partial charge in [-0.05, 0) is 36.7 Å². The lowest BCUT2D eigenvalue weighted by Crippen LogP contribution is -2.34. The summed E-state index contributed by atoms with van der Waals surface area (Å²) in [4.78, 5) is 2.00. The molecule has 0 amide bonds. The number of oxime groups is 1. The fourth-order valence-electron chi connectivity index (χ4n) is 1.75. The Kier molecular flexibility index (Phi) is 6.07. The van der Waals surface area contributed by atoms with E-state index in [0.717, 1.165) is 18.5 Å². The van der Waals surface area contributed by atoms with E-state index >= 15 is 0 Å². The van der Waals surface area contributed by atoms with Crippen molar-refractivity contribution in [2.24, 2.45) is 10.9 Å². The molecule has 4 nitrogen and oxygen atoms in total. The van der Waals surface area contributed by atoms with Gasteiger partial charge in [0.2, 0.25) is 0 Å². The second-order valence-electron chi connectivity index (χ2n) is 4.08. The van der Waals surface area contributed by atoms with E-state index in [1.165, 1.54) is 12.1 Å². The highest BCUT2D eigenvalue weighted by molar-refractivity contribution is 9.10. The molecule has 1 aromatic carbocycles. The SMILES string of the molecule is CCCN(CC(N)=NO)Cc1cc(F)cc(Br)c1. The summed E-state index contributed by atoms with van der Waals surface area (Å²) in [6.45, 7) is 3.75. The van der Waals surface area contributed by atoms with Crippen LogP contribution < -0.4 is 5.73 Å². The molecule has 0 radical (unpaired) electrons. The van der Waals surface area contributed by atoms with Crippen LogP contribution in [0.15, 0.2) is 27.8 Å². The zero-order valence-corrected chi connectivity index (χ0v) is 11.8. The van der Waals surface area contributed by atoms with Crippen molar-refractivity contribution in [3.05, 3.63) is 34.1 Å². The van der Waals surface area contributed by atoms with Crippen LogP contribution in [0.5, 0.6) is 0 Å². The van der Waals surface area contributed by atoms with E-state index in [9.17, 15) is 4.39 Å². The van der Waals surface area contributed by atoms with Crippen molar-refractivity contribution in [2.45, 2.75) is 19.9 Å². The highest BCUT2D eigenvalue weighted by atomic mass is 79.9. The zero-order valence-electron chi connectivity index (χ0n) is 10.2. The van der Waals surface area contributed by atoms with E-state index in [4.69, 9.17) is 10.9 Å². The lowest BCUT2D eigenvalue weighted by Gasteiger charge is -2.21. The third-order valence-electron chi connectivity index (χ3n) is 2.38. The third kappa shape index (κ3) is 5.01. The highest BCUT2D eigenvalue weighted by Gasteiger charge is 2.09. The summed E-state index contributed by atoms with van der Waals surface area (Å²) in [6.07, 6.45) is 0.940. The maximum absolute atomic E-state index is 13.3. The number of hydrogen-bond acceptors (Lipinski definition) is 3. The summed E-state index contributed by atoms with van der Waals surface area (Å²) < 4.78 is 14.0. The topological polar surface area (TPSA) is 61.8 Å². The predicted molar refractivity (Wildman–Crippen MR) is 73.1 cm³/mol. The average molecular weight is 318 g/mol. The maximum Gasteiger partial charge on any atom is 0.153 e. The minimum Gasteiger partial charge on any atom is -0.409 e. The van der Waals surface area contributed by atoms with Crippen molar-refractivity contribution in [3.8, 4) is 0 Å². The van der Waals surface area contributed by atoms with Gasteiger partial charge in [-0.1, -0.05) is 28.0 Å². The van der Waals surface area contributed by atoms with Crippen LogP contribution in [0.2, 0.25) is 0 Å². The van der Waals surface area contributed by atoms with E-state index in [2.05, 4.69) is 21.1 Å². The smallest absolute Gasteiger partial charge is 0.153 e. The second-order valence-corrected chi connectivity index (χ2v) is 5.00. The highest BCUT2D eigenvalue weighted by Crippen LogP contribution is 2.16. The van der Waals surface area contributed by atoms with Gasteiger partial charge in [0.1, 0.15) is 5.82 Å². The molecule has 0 atom stereocenters. The largest absolute Gasteiger partial charge is 0.409 e. The van der Waals surface area contributed by atoms with Crippen molar-refractivity contribution in [2.75, 3.05) is 13.1 Å². The van der Waals surface area contributed by atoms with Crippen LogP contribution >= 0.6 is 15.9 Å². The summed E-state index contributed by atoms with van der Waals surface area (Å²) in [7, 11) is 0. The fraction of sp³-hybridized carbons (Fsp3) is 0.417. The van der Waals surface area contributed by atoms with Gasteiger partial charge in [-0.2, -0.15) is 0 Å². The van der Waals surface area contributed by atoms with Crippen molar-refractivity contribution >= 4 is 21.8 Å². The molecule has 0 aliphatic heterocycles. The normalized spacial score (nSPS) is 12.1. The Labute approximate surface area is 114 Å². The summed E-state index contributed by atoms with van der Waals surface area (Å²) in [6, 6.07) is 4.76. The zero-order chi connectivity index (χ0) is 13.5. The monoisotopic (exact) mass is 317 g/mol. The van der Waals surface area contributed by atoms with Gasteiger partial charge < -0.3 is 10.9 Å². The Hall–Kier alpha value is -1.14. The molecule has 0 spiro atoms. The van der Waals surface area contributed by atoms with Crippen LogP contribution in [-0.2, 0) is 6.54 Å². The van der Waals surface area contributed by atoms with Gasteiger partial charge in [0.15, 0.2) is 5.84 Å². The van der Waals surface area contributed by atoms with Crippen LogP contribution in [0.3, 0.4) is 0 Å². The van der Waals surface area contributed by atoms with Gasteiger partial charge in [-0.25, -0.2) is 4.39 Å². The molecule has 0 aliphatic carbocycles. The van der Waals surface area contributed by atoms with Crippen LogP contribution in [0, 0.1) is 5.82 Å². The first-order chi connectivity index (χ1) is 8.55. The Bertz CT molecular complexity index is 406. The van der Waals surface area contributed by atoms with Gasteiger partial charge in [0.25, 0.3) is 0 Å². The molecule has 0 fully saturated rings. The van der Waals surface area contributed by atoms with Crippen LogP contribution in [0.25, 0.3) is 0 Å². The molecule has 18 heavy (non-hydrogen) atoms. The van der Waals surface area contributed by atoms with Crippen LogP contribution in [0.1, 0.15) is 18.9 Å². The lowest BCUT2D eigenvalue weighted by atomic mass is 10.2. The molecule has 100 valence electrons. The number of nitrogens with two attached hydrogens (primary N) is 1. The van der Waals surface area contributed by atoms with Gasteiger partial charge >= 0.3 is 0 Å². The first-order valence-corrected chi connectivity index (χ1v) is 6.48. The molecule has 0 aliphatic rings. The summed E-state index contributed by atoms with van der Waals surface area (Å²) in [5.74, 6) is -0.126. The van der Waals surface area contributed by atoms with Gasteiger partial charge in [0.05, 0.1) is 6.54 Å². The molecule has 0 saturated carbocycles. The molecule has 0 unspecified atom stereocenters. The Balaban J connectivity index is 2.75. The molecular formula is C12H17BrFN3O. The van der Waals surface area contributed by atoms with E-state index in [1.54, 1.807) is 0 Å². The number of hydrogen-bond donors (Lipinski definition) is 2. The first-order valence-electron chi connectivity index (χ1n) is 5.69. The molecule has 0 saturated heterocycles. The van der Waals surface area contributed by atoms with Gasteiger partial charge in [0, 0.05) is 11.0 Å². The standard InChI is InChI=1S/C12H17BrFN3O/c1-2-3-17(8-12(15)16-18)7-9-4-10(13)6-11(14)5-9/h4-6,18H,2-3,7-8H2,1H3,(H2,15,16). The predicted octanol–water partition coefficient (Wildman–Crippen LogP) is 2.55. The minimum atomic E-state index is -0.278. The molecule has 0 bridgehead atoms. The van der Waals surface area contributed by atoms with E-state index < -0.39 is 0 Å². The maximum atomic E-state index is 13.3. The number of nitrogens with zero attached hydrogens (tertiary/aromatic N) is 2. The molecule has 1 aromatic rings. The lowest BCUT2D eigenvalue weighted by molar-refractivity contribution is 0.285. The number of amidine groups is 1. The molecule has 3 N–H and O–H groups in total. The second kappa shape index (κ2) is 7.33. The number of halogens is 2. The summed E-state index contributed by atoms with van der Waals surface area (Å²) >= 11 is 3.26. The Morgan fingerprint density at radius 1 is 1.50 bits per heavy atom. The van der Waals surface area contributed by atoms with Crippen molar-refractivity contribution in [1.82, 2.24) is 4.90 Å². The van der Waals surface area contributed by atoms with Crippen molar-refractivity contribution in [1.29, 1.82) is 0 Å². The fourth-order valence-corrected chi connectivity index (χ4v) is 2.26. The number of benzene rings is 1. The van der Waals surface area contributed by atoms with Gasteiger partial charge in [-0.3, -0.25) is 4.90 Å². The molecule has 1 rings (SSSR count). The third-order valence-corrected chi connectivity index (χ3v) is 2.84. The number of rotatable bonds is 6. The van der Waals surface area contributed by atoms with Gasteiger partial charge in [-0.15, -0.1) is 0 Å². The quantitative estimate of drug-likeness (QED) is 0.367. The van der Waals surface area contributed by atoms with Crippen molar-refractivity contribution in [3.63, 3.8) is 0 Å². The molecule has 0 heterocycles. The van der Waals surface area contributed by atoms with Crippen LogP contribution in [-0.4, -0.2) is 29.0 Å². The summed E-state index contributed by atoms with van der Waals surface area (Å²) in [5, 5.41) is 11.5. The van der Waals surface area contributed by atoms with E-state index in [0.29, 0.717) is 17.6 Å². The molecule has 0 aromatic heterocycles.